The molecule has 3 nitrogen and oxygen atoms in total. The monoisotopic (exact) mass is 184 g/mol. The zero-order valence-corrected chi connectivity index (χ0v) is 6.87. The van der Waals surface area contributed by atoms with E-state index in [0.717, 1.165) is 0 Å². The second kappa shape index (κ2) is 3.32. The van der Waals surface area contributed by atoms with Gasteiger partial charge >= 0.3 is 0 Å². The minimum Gasteiger partial charge on any atom is -0.505 e. The highest BCUT2D eigenvalue weighted by molar-refractivity contribution is 5.31. The molecule has 1 unspecified atom stereocenters. The maximum Gasteiger partial charge on any atom is 0.170 e. The number of phenolic OH excluding ortho intramolecular Hbond substituents is 1. The van der Waals surface area contributed by atoms with Crippen LogP contribution in [0.2, 0.25) is 0 Å². The molecule has 0 aliphatic carbocycles. The Morgan fingerprint density at radius 1 is 1.46 bits per heavy atom. The molecule has 1 saturated heterocycles. The molecule has 1 aromatic carbocycles. The molecule has 70 valence electrons. The largest absolute Gasteiger partial charge is 0.505 e. The van der Waals surface area contributed by atoms with E-state index in [1.165, 1.54) is 6.07 Å². The Kier molecular flexibility index (Phi) is 2.16. The average Bonchev–Trinajstić information content (AvgIpc) is 2.62. The van der Waals surface area contributed by atoms with E-state index < -0.39 is 11.9 Å². The number of phenols is 1. The summed E-state index contributed by atoms with van der Waals surface area (Å²) in [5.41, 5.74) is 0.345. The van der Waals surface area contributed by atoms with Crippen molar-refractivity contribution < 1.29 is 19.3 Å². The molecule has 1 aromatic rings. The summed E-state index contributed by atoms with van der Waals surface area (Å²) in [5.74, 6) is -0.981. The Morgan fingerprint density at radius 2 is 2.31 bits per heavy atom. The van der Waals surface area contributed by atoms with Crippen molar-refractivity contribution in [2.45, 2.75) is 12.5 Å². The van der Waals surface area contributed by atoms with Gasteiger partial charge in [-0.05, 0) is 6.07 Å². The van der Waals surface area contributed by atoms with Crippen molar-refractivity contribution in [2.24, 2.45) is 0 Å². The molecule has 0 radical (unpaired) electrons. The van der Waals surface area contributed by atoms with Crippen LogP contribution in [0.15, 0.2) is 18.2 Å². The summed E-state index contributed by atoms with van der Waals surface area (Å²) in [6, 6.07) is 4.46. The molecule has 0 bridgehead atoms. The standard InChI is InChI=1S/C9H9FO3/c10-9-6(2-1-3-7(9)11)8-4-5-12-13-8/h1-3,8,11H,4-5H2. The van der Waals surface area contributed by atoms with Crippen LogP contribution in [-0.4, -0.2) is 11.7 Å². The number of hydrogen-bond donors (Lipinski definition) is 1. The van der Waals surface area contributed by atoms with E-state index in [9.17, 15) is 4.39 Å². The fourth-order valence-corrected chi connectivity index (χ4v) is 1.33. The predicted molar refractivity (Wildman–Crippen MR) is 42.5 cm³/mol. The molecule has 0 saturated carbocycles. The van der Waals surface area contributed by atoms with Crippen molar-refractivity contribution in [2.75, 3.05) is 6.61 Å². The summed E-state index contributed by atoms with van der Waals surface area (Å²) >= 11 is 0. The first kappa shape index (κ1) is 8.47. The molecule has 0 spiro atoms. The van der Waals surface area contributed by atoms with Gasteiger partial charge in [-0.25, -0.2) is 14.2 Å². The Balaban J connectivity index is 2.33. The molecular formula is C9H9FO3. The van der Waals surface area contributed by atoms with Crippen LogP contribution in [0.3, 0.4) is 0 Å². The average molecular weight is 184 g/mol. The van der Waals surface area contributed by atoms with Gasteiger partial charge in [-0.15, -0.1) is 0 Å². The van der Waals surface area contributed by atoms with E-state index in [1.807, 2.05) is 0 Å². The predicted octanol–water partition coefficient (Wildman–Crippen LogP) is 1.92. The SMILES string of the molecule is Oc1cccc(C2CCOO2)c1F. The smallest absolute Gasteiger partial charge is 0.170 e. The third kappa shape index (κ3) is 1.50. The van der Waals surface area contributed by atoms with E-state index in [-0.39, 0.29) is 5.75 Å². The molecule has 2 rings (SSSR count). The normalized spacial score (nSPS) is 22.1. The molecule has 1 heterocycles. The van der Waals surface area contributed by atoms with Gasteiger partial charge in [0.05, 0.1) is 6.61 Å². The number of halogens is 1. The quantitative estimate of drug-likeness (QED) is 0.677. The van der Waals surface area contributed by atoms with E-state index in [4.69, 9.17) is 9.99 Å². The van der Waals surface area contributed by atoms with E-state index in [1.54, 1.807) is 12.1 Å². The van der Waals surface area contributed by atoms with E-state index in [2.05, 4.69) is 4.89 Å². The molecule has 1 atom stereocenters. The molecule has 0 aromatic heterocycles. The van der Waals surface area contributed by atoms with Crippen LogP contribution in [-0.2, 0) is 9.78 Å². The molecule has 1 aliphatic rings. The topological polar surface area (TPSA) is 38.7 Å². The van der Waals surface area contributed by atoms with Crippen LogP contribution in [0, 0.1) is 5.82 Å². The van der Waals surface area contributed by atoms with Gasteiger partial charge in [0.15, 0.2) is 11.6 Å². The van der Waals surface area contributed by atoms with Crippen LogP contribution >= 0.6 is 0 Å². The molecular weight excluding hydrogens is 175 g/mol. The van der Waals surface area contributed by atoms with Gasteiger partial charge in [-0.3, -0.25) is 0 Å². The number of benzene rings is 1. The molecule has 1 aliphatic heterocycles. The van der Waals surface area contributed by atoms with Gasteiger partial charge in [0.1, 0.15) is 6.10 Å². The van der Waals surface area contributed by atoms with Gasteiger partial charge in [-0.2, -0.15) is 0 Å². The first-order chi connectivity index (χ1) is 6.29. The zero-order chi connectivity index (χ0) is 9.26. The van der Waals surface area contributed by atoms with Crippen molar-refractivity contribution in [1.29, 1.82) is 0 Å². The molecule has 0 amide bonds. The zero-order valence-electron chi connectivity index (χ0n) is 6.87. The minimum atomic E-state index is -0.627. The molecule has 1 fully saturated rings. The fourth-order valence-electron chi connectivity index (χ4n) is 1.33. The number of hydrogen-bond acceptors (Lipinski definition) is 3. The van der Waals surface area contributed by atoms with Crippen molar-refractivity contribution in [3.05, 3.63) is 29.6 Å². The summed E-state index contributed by atoms with van der Waals surface area (Å²) < 4.78 is 13.3. The van der Waals surface area contributed by atoms with Crippen molar-refractivity contribution in [1.82, 2.24) is 0 Å². The Morgan fingerprint density at radius 3 is 3.00 bits per heavy atom. The van der Waals surface area contributed by atoms with Gasteiger partial charge in [-0.1, -0.05) is 12.1 Å². The lowest BCUT2D eigenvalue weighted by Crippen LogP contribution is -1.98. The van der Waals surface area contributed by atoms with Crippen LogP contribution in [0.4, 0.5) is 4.39 Å². The second-order valence-electron chi connectivity index (χ2n) is 2.88. The Bertz CT molecular complexity index is 308. The Hall–Kier alpha value is -1.13. The number of rotatable bonds is 1. The lowest BCUT2D eigenvalue weighted by Gasteiger charge is -2.08. The molecule has 1 N–H and O–H groups in total. The van der Waals surface area contributed by atoms with Gasteiger partial charge < -0.3 is 5.11 Å². The van der Waals surface area contributed by atoms with Gasteiger partial charge in [0, 0.05) is 12.0 Å². The van der Waals surface area contributed by atoms with Crippen molar-refractivity contribution in [3.8, 4) is 5.75 Å². The highest BCUT2D eigenvalue weighted by atomic mass is 19.1. The highest BCUT2D eigenvalue weighted by Gasteiger charge is 2.23. The summed E-state index contributed by atoms with van der Waals surface area (Å²) in [5, 5.41) is 9.09. The van der Waals surface area contributed by atoms with Crippen molar-refractivity contribution >= 4 is 0 Å². The van der Waals surface area contributed by atoms with E-state index >= 15 is 0 Å². The maximum absolute atomic E-state index is 13.3. The summed E-state index contributed by atoms with van der Waals surface area (Å²) in [7, 11) is 0. The first-order valence-electron chi connectivity index (χ1n) is 4.04. The van der Waals surface area contributed by atoms with Gasteiger partial charge in [0.25, 0.3) is 0 Å². The maximum atomic E-state index is 13.3. The lowest BCUT2D eigenvalue weighted by molar-refractivity contribution is -0.277. The lowest BCUT2D eigenvalue weighted by atomic mass is 10.1. The van der Waals surface area contributed by atoms with Crippen LogP contribution in [0.1, 0.15) is 18.1 Å². The van der Waals surface area contributed by atoms with Crippen LogP contribution in [0.5, 0.6) is 5.75 Å². The van der Waals surface area contributed by atoms with Crippen LogP contribution in [0.25, 0.3) is 0 Å². The third-order valence-corrected chi connectivity index (χ3v) is 2.00. The summed E-state index contributed by atoms with van der Waals surface area (Å²) in [6.07, 6.45) is 0.215. The third-order valence-electron chi connectivity index (χ3n) is 2.00. The highest BCUT2D eigenvalue weighted by Crippen LogP contribution is 2.31. The van der Waals surface area contributed by atoms with Crippen molar-refractivity contribution in [3.63, 3.8) is 0 Å². The first-order valence-corrected chi connectivity index (χ1v) is 4.04. The minimum absolute atomic E-state index is 0.345. The molecule has 13 heavy (non-hydrogen) atoms. The Labute approximate surface area is 74.6 Å². The van der Waals surface area contributed by atoms with E-state index in [0.29, 0.717) is 18.6 Å². The van der Waals surface area contributed by atoms with Crippen LogP contribution < -0.4 is 0 Å². The summed E-state index contributed by atoms with van der Waals surface area (Å²) in [4.78, 5) is 9.48. The number of aromatic hydroxyl groups is 1. The summed E-state index contributed by atoms with van der Waals surface area (Å²) in [6.45, 7) is 0.458. The fraction of sp³-hybridized carbons (Fsp3) is 0.333. The second-order valence-corrected chi connectivity index (χ2v) is 2.88. The molecule has 4 heteroatoms. The van der Waals surface area contributed by atoms with Gasteiger partial charge in [0.2, 0.25) is 0 Å².